The fourth-order valence-corrected chi connectivity index (χ4v) is 1.16. The Bertz CT molecular complexity index is 182. The van der Waals surface area contributed by atoms with Gasteiger partial charge in [-0.1, -0.05) is 36.0 Å². The smallest absolute Gasteiger partial charge is 0.000995 e. The van der Waals surface area contributed by atoms with Gasteiger partial charge in [0.1, 0.15) is 0 Å². The highest BCUT2D eigenvalue weighted by Gasteiger charge is 2.12. The van der Waals surface area contributed by atoms with Gasteiger partial charge in [-0.2, -0.15) is 0 Å². The molecule has 2 aliphatic rings. The van der Waals surface area contributed by atoms with Crippen molar-refractivity contribution in [3.05, 3.63) is 36.0 Å². The van der Waals surface area contributed by atoms with Gasteiger partial charge in [0.25, 0.3) is 0 Å². The molecule has 0 saturated carbocycles. The predicted octanol–water partition coefficient (Wildman–Crippen LogP) is 2.45. The van der Waals surface area contributed by atoms with E-state index < -0.39 is 0 Å². The molecule has 0 aromatic rings. The van der Waals surface area contributed by atoms with E-state index >= 15 is 0 Å². The highest BCUT2D eigenvalue weighted by molar-refractivity contribution is 5.27. The molecule has 9 heavy (non-hydrogen) atoms. The zero-order valence-electron chi connectivity index (χ0n) is 5.38. The second-order valence-electron chi connectivity index (χ2n) is 2.70. The molecule has 0 aromatic carbocycles. The summed E-state index contributed by atoms with van der Waals surface area (Å²) in [5, 5.41) is 0. The van der Waals surface area contributed by atoms with Crippen LogP contribution in [0.2, 0.25) is 0 Å². The SMILES string of the molecule is C1=CC(CC2=CC2)C=C1. The maximum atomic E-state index is 2.31. The van der Waals surface area contributed by atoms with Crippen LogP contribution in [0, 0.1) is 5.92 Å². The Morgan fingerprint density at radius 1 is 1.33 bits per heavy atom. The monoisotopic (exact) mass is 118 g/mol. The molecule has 0 spiro atoms. The van der Waals surface area contributed by atoms with Crippen LogP contribution >= 0.6 is 0 Å². The quantitative estimate of drug-likeness (QED) is 0.488. The molecule has 0 heterocycles. The Labute approximate surface area is 55.6 Å². The zero-order chi connectivity index (χ0) is 6.10. The third-order valence-corrected chi connectivity index (χ3v) is 1.82. The lowest BCUT2D eigenvalue weighted by molar-refractivity contribution is 0.821. The van der Waals surface area contributed by atoms with E-state index in [1.165, 1.54) is 12.8 Å². The first-order chi connectivity index (χ1) is 4.45. The molecule has 2 rings (SSSR count). The average Bonchev–Trinajstić information content (AvgIpc) is 2.46. The van der Waals surface area contributed by atoms with Crippen LogP contribution in [0.5, 0.6) is 0 Å². The first-order valence-corrected chi connectivity index (χ1v) is 3.48. The lowest BCUT2D eigenvalue weighted by atomic mass is 10.1. The van der Waals surface area contributed by atoms with Gasteiger partial charge in [-0.3, -0.25) is 0 Å². The van der Waals surface area contributed by atoms with Crippen molar-refractivity contribution in [3.63, 3.8) is 0 Å². The van der Waals surface area contributed by atoms with Gasteiger partial charge in [0.15, 0.2) is 0 Å². The minimum Gasteiger partial charge on any atom is -0.0809 e. The third kappa shape index (κ3) is 1.13. The summed E-state index contributed by atoms with van der Waals surface area (Å²) in [6.07, 6.45) is 13.6. The third-order valence-electron chi connectivity index (χ3n) is 1.82. The minimum absolute atomic E-state index is 0.721. The molecule has 0 nitrogen and oxygen atoms in total. The van der Waals surface area contributed by atoms with E-state index in [4.69, 9.17) is 0 Å². The Morgan fingerprint density at radius 2 is 2.00 bits per heavy atom. The standard InChI is InChI=1S/C9H10/c1-2-4-8(3-1)7-9-5-6-9/h1-5,8H,6-7H2. The maximum Gasteiger partial charge on any atom is -0.000995 e. The Hall–Kier alpha value is -0.780. The van der Waals surface area contributed by atoms with Gasteiger partial charge in [-0.05, 0) is 18.8 Å². The molecular weight excluding hydrogens is 108 g/mol. The molecule has 46 valence electrons. The number of allylic oxidation sites excluding steroid dienone is 6. The highest BCUT2D eigenvalue weighted by Crippen LogP contribution is 2.28. The van der Waals surface area contributed by atoms with Crippen molar-refractivity contribution < 1.29 is 0 Å². The van der Waals surface area contributed by atoms with Crippen LogP contribution in [0.15, 0.2) is 36.0 Å². The van der Waals surface area contributed by atoms with Gasteiger partial charge in [0.05, 0.1) is 0 Å². The number of hydrogen-bond donors (Lipinski definition) is 0. The van der Waals surface area contributed by atoms with Crippen molar-refractivity contribution in [2.24, 2.45) is 5.92 Å². The van der Waals surface area contributed by atoms with Gasteiger partial charge in [0, 0.05) is 0 Å². The van der Waals surface area contributed by atoms with Crippen molar-refractivity contribution >= 4 is 0 Å². The first-order valence-electron chi connectivity index (χ1n) is 3.48. The van der Waals surface area contributed by atoms with E-state index in [0.717, 1.165) is 5.92 Å². The van der Waals surface area contributed by atoms with E-state index in [1.54, 1.807) is 5.57 Å². The van der Waals surface area contributed by atoms with Crippen LogP contribution in [0.4, 0.5) is 0 Å². The molecule has 0 fully saturated rings. The van der Waals surface area contributed by atoms with Crippen molar-refractivity contribution in [1.82, 2.24) is 0 Å². The zero-order valence-corrected chi connectivity index (χ0v) is 5.38. The van der Waals surface area contributed by atoms with Crippen LogP contribution in [0.3, 0.4) is 0 Å². The normalized spacial score (nSPS) is 22.9. The molecule has 0 amide bonds. The lowest BCUT2D eigenvalue weighted by Gasteiger charge is -1.98. The average molecular weight is 118 g/mol. The molecular formula is C9H10. The highest BCUT2D eigenvalue weighted by atomic mass is 14.2. The summed E-state index contributed by atoms with van der Waals surface area (Å²) in [7, 11) is 0. The summed E-state index contributed by atoms with van der Waals surface area (Å²) in [6, 6.07) is 0. The van der Waals surface area contributed by atoms with Gasteiger partial charge >= 0.3 is 0 Å². The van der Waals surface area contributed by atoms with Crippen molar-refractivity contribution in [3.8, 4) is 0 Å². The van der Waals surface area contributed by atoms with E-state index in [2.05, 4.69) is 30.4 Å². The van der Waals surface area contributed by atoms with Gasteiger partial charge in [-0.25, -0.2) is 0 Å². The maximum absolute atomic E-state index is 2.31. The fourth-order valence-electron chi connectivity index (χ4n) is 1.16. The summed E-state index contributed by atoms with van der Waals surface area (Å²) >= 11 is 0. The lowest BCUT2D eigenvalue weighted by Crippen LogP contribution is -1.85. The van der Waals surface area contributed by atoms with Crippen LogP contribution in [-0.4, -0.2) is 0 Å². The van der Waals surface area contributed by atoms with Crippen LogP contribution in [-0.2, 0) is 0 Å². The molecule has 2 aliphatic carbocycles. The molecule has 0 saturated heterocycles. The Morgan fingerprint density at radius 3 is 2.56 bits per heavy atom. The van der Waals surface area contributed by atoms with Crippen LogP contribution in [0.1, 0.15) is 12.8 Å². The summed E-state index contributed by atoms with van der Waals surface area (Å²) in [5.41, 5.74) is 1.64. The van der Waals surface area contributed by atoms with Crippen molar-refractivity contribution in [2.45, 2.75) is 12.8 Å². The van der Waals surface area contributed by atoms with E-state index in [9.17, 15) is 0 Å². The molecule has 0 aliphatic heterocycles. The number of rotatable bonds is 2. The summed E-state index contributed by atoms with van der Waals surface area (Å²) < 4.78 is 0. The number of hydrogen-bond acceptors (Lipinski definition) is 0. The molecule has 0 radical (unpaired) electrons. The van der Waals surface area contributed by atoms with Crippen molar-refractivity contribution in [1.29, 1.82) is 0 Å². The van der Waals surface area contributed by atoms with E-state index in [0.29, 0.717) is 0 Å². The molecule has 0 N–H and O–H groups in total. The van der Waals surface area contributed by atoms with Crippen LogP contribution in [0.25, 0.3) is 0 Å². The second kappa shape index (κ2) is 1.87. The Kier molecular flexibility index (Phi) is 1.05. The van der Waals surface area contributed by atoms with Crippen LogP contribution < -0.4 is 0 Å². The molecule has 0 aromatic heterocycles. The minimum atomic E-state index is 0.721. The summed E-state index contributed by atoms with van der Waals surface area (Å²) in [4.78, 5) is 0. The Balaban J connectivity index is 1.91. The topological polar surface area (TPSA) is 0 Å². The molecule has 0 unspecified atom stereocenters. The van der Waals surface area contributed by atoms with Gasteiger partial charge < -0.3 is 0 Å². The van der Waals surface area contributed by atoms with E-state index in [-0.39, 0.29) is 0 Å². The summed E-state index contributed by atoms with van der Waals surface area (Å²) in [6.45, 7) is 0. The van der Waals surface area contributed by atoms with Gasteiger partial charge in [-0.15, -0.1) is 0 Å². The molecule has 0 bridgehead atoms. The predicted molar refractivity (Wildman–Crippen MR) is 39.1 cm³/mol. The molecule has 0 heteroatoms. The summed E-state index contributed by atoms with van der Waals surface area (Å²) in [5.74, 6) is 0.721. The second-order valence-corrected chi connectivity index (χ2v) is 2.70. The fraction of sp³-hybridized carbons (Fsp3) is 0.333. The van der Waals surface area contributed by atoms with E-state index in [1.807, 2.05) is 0 Å². The van der Waals surface area contributed by atoms with Gasteiger partial charge in [0.2, 0.25) is 0 Å². The van der Waals surface area contributed by atoms with Crippen molar-refractivity contribution in [2.75, 3.05) is 0 Å². The molecule has 0 atom stereocenters. The largest absolute Gasteiger partial charge is 0.0809 e. The first kappa shape index (κ1) is 5.04.